The lowest BCUT2D eigenvalue weighted by Gasteiger charge is -2.53. The van der Waals surface area contributed by atoms with Crippen LogP contribution in [0.2, 0.25) is 0 Å². The molecular weight excluding hydrogens is 352 g/mol. The van der Waals surface area contributed by atoms with E-state index in [-0.39, 0.29) is 34.9 Å². The average molecular weight is 385 g/mol. The molecule has 0 bridgehead atoms. The Hall–Kier alpha value is -1.71. The molecule has 0 saturated heterocycles. The van der Waals surface area contributed by atoms with Crippen molar-refractivity contribution in [1.29, 1.82) is 0 Å². The fraction of sp³-hybridized carbons (Fsp3) is 0.708. The number of hydrogen-bond donors (Lipinski definition) is 0. The van der Waals surface area contributed by atoms with E-state index in [1.807, 2.05) is 6.08 Å². The predicted octanol–water partition coefficient (Wildman–Crippen LogP) is 4.43. The third-order valence-corrected chi connectivity index (χ3v) is 8.44. The SMILES string of the molecule is CC(=O)OCC(=O)C1[C@H](C)CC2C3CCC4=CC(=O)CC[C@]4(C)C3=CCC21C. The van der Waals surface area contributed by atoms with Crippen LogP contribution in [-0.4, -0.2) is 24.1 Å². The van der Waals surface area contributed by atoms with E-state index in [2.05, 4.69) is 26.8 Å². The van der Waals surface area contributed by atoms with Gasteiger partial charge in [-0.05, 0) is 61.3 Å². The molecule has 2 fully saturated rings. The van der Waals surface area contributed by atoms with E-state index in [1.165, 1.54) is 18.1 Å². The van der Waals surface area contributed by atoms with Gasteiger partial charge in [-0.3, -0.25) is 14.4 Å². The summed E-state index contributed by atoms with van der Waals surface area (Å²) in [5.74, 6) is 1.22. The van der Waals surface area contributed by atoms with Crippen molar-refractivity contribution < 1.29 is 19.1 Å². The predicted molar refractivity (Wildman–Crippen MR) is 106 cm³/mol. The molecule has 4 heteroatoms. The molecule has 0 radical (unpaired) electrons. The molecule has 4 nitrogen and oxygen atoms in total. The minimum Gasteiger partial charge on any atom is -0.458 e. The molecule has 4 aliphatic rings. The van der Waals surface area contributed by atoms with Gasteiger partial charge in [0.25, 0.3) is 0 Å². The number of rotatable bonds is 3. The van der Waals surface area contributed by atoms with Gasteiger partial charge in [-0.15, -0.1) is 0 Å². The number of hydrogen-bond acceptors (Lipinski definition) is 4. The number of carbonyl (C=O) groups excluding carboxylic acids is 3. The summed E-state index contributed by atoms with van der Waals surface area (Å²) in [7, 11) is 0. The highest BCUT2D eigenvalue weighted by atomic mass is 16.5. The second-order valence-electron chi connectivity index (χ2n) is 10.0. The summed E-state index contributed by atoms with van der Waals surface area (Å²) in [6, 6.07) is 0. The summed E-state index contributed by atoms with van der Waals surface area (Å²) in [5.41, 5.74) is 2.82. The van der Waals surface area contributed by atoms with Gasteiger partial charge in [0.05, 0.1) is 0 Å². The molecule has 0 heterocycles. The molecule has 4 unspecified atom stereocenters. The number of fused-ring (bicyclic) bond motifs is 5. The van der Waals surface area contributed by atoms with Gasteiger partial charge < -0.3 is 4.74 Å². The fourth-order valence-electron chi connectivity index (χ4n) is 7.17. The van der Waals surface area contributed by atoms with Crippen LogP contribution in [0.4, 0.5) is 0 Å². The Morgan fingerprint density at radius 3 is 2.71 bits per heavy atom. The van der Waals surface area contributed by atoms with E-state index in [0.29, 0.717) is 24.2 Å². The maximum Gasteiger partial charge on any atom is 0.303 e. The largest absolute Gasteiger partial charge is 0.458 e. The van der Waals surface area contributed by atoms with Crippen LogP contribution in [0.3, 0.4) is 0 Å². The van der Waals surface area contributed by atoms with Gasteiger partial charge in [0.1, 0.15) is 6.61 Å². The Labute approximate surface area is 167 Å². The highest BCUT2D eigenvalue weighted by Gasteiger charge is 2.59. The first-order valence-corrected chi connectivity index (χ1v) is 10.8. The maximum atomic E-state index is 13.0. The zero-order chi connectivity index (χ0) is 20.3. The molecule has 0 aromatic rings. The Morgan fingerprint density at radius 2 is 2.00 bits per heavy atom. The van der Waals surface area contributed by atoms with Crippen molar-refractivity contribution in [2.45, 2.75) is 66.2 Å². The normalized spacial score (nSPS) is 41.9. The Bertz CT molecular complexity index is 790. The molecular formula is C24H32O4. The third kappa shape index (κ3) is 2.83. The number of ether oxygens (including phenoxy) is 1. The third-order valence-electron chi connectivity index (χ3n) is 8.44. The molecule has 0 N–H and O–H groups in total. The summed E-state index contributed by atoms with van der Waals surface area (Å²) < 4.78 is 5.05. The van der Waals surface area contributed by atoms with Crippen LogP contribution in [0.15, 0.2) is 23.3 Å². The van der Waals surface area contributed by atoms with Crippen molar-refractivity contribution in [2.24, 2.45) is 34.5 Å². The van der Waals surface area contributed by atoms with E-state index in [0.717, 1.165) is 32.1 Å². The van der Waals surface area contributed by atoms with E-state index in [1.54, 1.807) is 0 Å². The highest BCUT2D eigenvalue weighted by Crippen LogP contribution is 2.65. The van der Waals surface area contributed by atoms with Gasteiger partial charge in [-0.25, -0.2) is 0 Å². The van der Waals surface area contributed by atoms with Gasteiger partial charge in [0.15, 0.2) is 11.6 Å². The van der Waals surface area contributed by atoms with Crippen molar-refractivity contribution in [2.75, 3.05) is 6.61 Å². The number of carbonyl (C=O) groups is 3. The number of ketones is 2. The molecule has 4 rings (SSSR count). The summed E-state index contributed by atoms with van der Waals surface area (Å²) in [5, 5.41) is 0. The summed E-state index contributed by atoms with van der Waals surface area (Å²) in [6.07, 6.45) is 9.94. The summed E-state index contributed by atoms with van der Waals surface area (Å²) in [4.78, 5) is 36.1. The first-order chi connectivity index (χ1) is 13.2. The lowest BCUT2D eigenvalue weighted by molar-refractivity contribution is -0.148. The molecule has 0 aromatic heterocycles. The van der Waals surface area contributed by atoms with E-state index < -0.39 is 5.97 Å². The molecule has 0 aliphatic heterocycles. The summed E-state index contributed by atoms with van der Waals surface area (Å²) >= 11 is 0. The maximum absolute atomic E-state index is 13.0. The average Bonchev–Trinajstić information content (AvgIpc) is 2.90. The Morgan fingerprint density at radius 1 is 1.25 bits per heavy atom. The zero-order valence-corrected chi connectivity index (χ0v) is 17.5. The zero-order valence-electron chi connectivity index (χ0n) is 17.5. The lowest BCUT2D eigenvalue weighted by atomic mass is 9.51. The van der Waals surface area contributed by atoms with Crippen LogP contribution in [0, 0.1) is 34.5 Å². The van der Waals surface area contributed by atoms with E-state index in [9.17, 15) is 14.4 Å². The molecule has 6 atom stereocenters. The fourth-order valence-corrected chi connectivity index (χ4v) is 7.17. The van der Waals surface area contributed by atoms with Crippen LogP contribution < -0.4 is 0 Å². The minimum absolute atomic E-state index is 0.0290. The molecule has 28 heavy (non-hydrogen) atoms. The van der Waals surface area contributed by atoms with Crippen molar-refractivity contribution in [3.8, 4) is 0 Å². The van der Waals surface area contributed by atoms with Gasteiger partial charge in [0.2, 0.25) is 0 Å². The Balaban J connectivity index is 1.65. The van der Waals surface area contributed by atoms with E-state index in [4.69, 9.17) is 4.74 Å². The van der Waals surface area contributed by atoms with Crippen molar-refractivity contribution in [3.63, 3.8) is 0 Å². The van der Waals surface area contributed by atoms with Gasteiger partial charge in [-0.2, -0.15) is 0 Å². The second-order valence-corrected chi connectivity index (χ2v) is 10.0. The van der Waals surface area contributed by atoms with Crippen molar-refractivity contribution in [3.05, 3.63) is 23.3 Å². The monoisotopic (exact) mass is 384 g/mol. The van der Waals surface area contributed by atoms with Gasteiger partial charge in [0, 0.05) is 24.7 Å². The van der Waals surface area contributed by atoms with Crippen LogP contribution in [0.1, 0.15) is 66.2 Å². The molecule has 0 amide bonds. The number of allylic oxidation sites excluding steroid dienone is 4. The number of Topliss-reactive ketones (excluding diaryl/α,β-unsaturated/α-hetero) is 1. The van der Waals surface area contributed by atoms with Crippen LogP contribution in [-0.2, 0) is 19.1 Å². The molecule has 2 saturated carbocycles. The lowest BCUT2D eigenvalue weighted by Crippen LogP contribution is -2.46. The standard InChI is InChI=1S/C24H32O4/c1-14-11-20-18-6-5-16-12-17(26)7-9-23(16,3)19(18)8-10-24(20,4)22(14)21(27)13-28-15(2)25/h8,12,14,18,20,22H,5-7,9-11,13H2,1-4H3/t14-,18?,20?,22?,23+,24?/m1/s1. The van der Waals surface area contributed by atoms with Crippen LogP contribution in [0.5, 0.6) is 0 Å². The first kappa shape index (κ1) is 19.6. The summed E-state index contributed by atoms with van der Waals surface area (Å²) in [6.45, 7) is 8.06. The van der Waals surface area contributed by atoms with E-state index >= 15 is 0 Å². The Kier molecular flexibility index (Phi) is 4.67. The molecule has 0 spiro atoms. The van der Waals surface area contributed by atoms with Crippen molar-refractivity contribution in [1.82, 2.24) is 0 Å². The van der Waals surface area contributed by atoms with Crippen LogP contribution >= 0.6 is 0 Å². The smallest absolute Gasteiger partial charge is 0.303 e. The minimum atomic E-state index is -0.391. The quantitative estimate of drug-likeness (QED) is 0.533. The number of esters is 1. The molecule has 0 aromatic carbocycles. The molecule has 4 aliphatic carbocycles. The van der Waals surface area contributed by atoms with Crippen molar-refractivity contribution >= 4 is 17.5 Å². The topological polar surface area (TPSA) is 60.4 Å². The molecule has 152 valence electrons. The van der Waals surface area contributed by atoms with Gasteiger partial charge in [-0.1, -0.05) is 38.0 Å². The first-order valence-electron chi connectivity index (χ1n) is 10.8. The highest BCUT2D eigenvalue weighted by molar-refractivity contribution is 5.92. The van der Waals surface area contributed by atoms with Crippen LogP contribution in [0.25, 0.3) is 0 Å². The second kappa shape index (κ2) is 6.67. The van der Waals surface area contributed by atoms with Gasteiger partial charge >= 0.3 is 5.97 Å².